The number of hydrogen-bond acceptors (Lipinski definition) is 7. The number of hydrogen-bond donors (Lipinski definition) is 0. The van der Waals surface area contributed by atoms with Crippen molar-refractivity contribution >= 4 is 30.0 Å². The van der Waals surface area contributed by atoms with Gasteiger partial charge in [-0.25, -0.2) is 0 Å². The first-order chi connectivity index (χ1) is 13.5. The van der Waals surface area contributed by atoms with Crippen molar-refractivity contribution in [2.75, 3.05) is 0 Å². The van der Waals surface area contributed by atoms with Crippen LogP contribution in [-0.2, 0) is 19.9 Å². The van der Waals surface area contributed by atoms with Crippen LogP contribution in [0.5, 0.6) is 0 Å². The van der Waals surface area contributed by atoms with Gasteiger partial charge in [0.25, 0.3) is 5.69 Å². The molecule has 2 aromatic rings. The zero-order chi connectivity index (χ0) is 21.9. The predicted molar refractivity (Wildman–Crippen MR) is 110 cm³/mol. The molecule has 0 saturated carbocycles. The van der Waals surface area contributed by atoms with E-state index in [-0.39, 0.29) is 40.6 Å². The summed E-state index contributed by atoms with van der Waals surface area (Å²) in [6, 6.07) is 3.71. The standard InChI is InChI=1S/C19H25N2O7P/c1-6-18(22)16-10-20(11-29(26,27-12(2)3)28-13(4)5)17-9-14(21(24)25)7-8-15(17)19(16)23/h7-10,12-13H,6,11H2,1-5H3. The first-order valence-corrected chi connectivity index (χ1v) is 11.0. The lowest BCUT2D eigenvalue weighted by molar-refractivity contribution is -0.384. The first kappa shape index (κ1) is 22.9. The zero-order valence-corrected chi connectivity index (χ0v) is 18.0. The van der Waals surface area contributed by atoms with Gasteiger partial charge >= 0.3 is 7.60 Å². The number of Topliss-reactive ketones (excluding diaryl/α,β-unsaturated/α-hetero) is 1. The Morgan fingerprint density at radius 3 is 2.28 bits per heavy atom. The molecule has 0 aliphatic rings. The number of nitro groups is 1. The molecule has 0 radical (unpaired) electrons. The summed E-state index contributed by atoms with van der Waals surface area (Å²) < 4.78 is 25.8. The van der Waals surface area contributed by atoms with Gasteiger partial charge in [-0.3, -0.25) is 24.3 Å². The van der Waals surface area contributed by atoms with E-state index in [2.05, 4.69) is 0 Å². The molecule has 0 saturated heterocycles. The molecule has 0 bridgehead atoms. The first-order valence-electron chi connectivity index (χ1n) is 9.28. The lowest BCUT2D eigenvalue weighted by Gasteiger charge is -2.24. The van der Waals surface area contributed by atoms with Crippen molar-refractivity contribution in [2.45, 2.75) is 59.5 Å². The minimum atomic E-state index is -3.69. The van der Waals surface area contributed by atoms with E-state index in [1.165, 1.54) is 29.0 Å². The highest BCUT2D eigenvalue weighted by molar-refractivity contribution is 7.52. The maximum Gasteiger partial charge on any atom is 0.350 e. The summed E-state index contributed by atoms with van der Waals surface area (Å²) in [4.78, 5) is 35.6. The Hall–Kier alpha value is -2.35. The van der Waals surface area contributed by atoms with Crippen molar-refractivity contribution in [1.82, 2.24) is 4.57 Å². The van der Waals surface area contributed by atoms with Crippen LogP contribution in [0.4, 0.5) is 5.69 Å². The van der Waals surface area contributed by atoms with Gasteiger partial charge in [-0.1, -0.05) is 6.92 Å². The van der Waals surface area contributed by atoms with Gasteiger partial charge in [0, 0.05) is 30.1 Å². The summed E-state index contributed by atoms with van der Waals surface area (Å²) in [7, 11) is -3.69. The molecule has 29 heavy (non-hydrogen) atoms. The molecule has 2 rings (SSSR count). The molecule has 1 aromatic heterocycles. The Morgan fingerprint density at radius 2 is 1.79 bits per heavy atom. The minimum absolute atomic E-state index is 0.0745. The van der Waals surface area contributed by atoms with Gasteiger partial charge < -0.3 is 13.6 Å². The third-order valence-electron chi connectivity index (χ3n) is 3.97. The molecule has 9 nitrogen and oxygen atoms in total. The van der Waals surface area contributed by atoms with Crippen molar-refractivity contribution in [3.63, 3.8) is 0 Å². The Morgan fingerprint density at radius 1 is 1.21 bits per heavy atom. The van der Waals surface area contributed by atoms with Crippen LogP contribution in [0.15, 0.2) is 29.2 Å². The molecule has 0 unspecified atom stereocenters. The summed E-state index contributed by atoms with van der Waals surface area (Å²) in [6.45, 7) is 8.45. The van der Waals surface area contributed by atoms with E-state index in [1.54, 1.807) is 34.6 Å². The molecule has 10 heteroatoms. The van der Waals surface area contributed by atoms with Crippen LogP contribution in [0.2, 0.25) is 0 Å². The second kappa shape index (κ2) is 8.98. The topological polar surface area (TPSA) is 118 Å². The normalized spacial score (nSPS) is 12.1. The molecular formula is C19H25N2O7P. The Kier molecular flexibility index (Phi) is 7.11. The fourth-order valence-corrected chi connectivity index (χ4v) is 4.99. The number of non-ortho nitro benzene ring substituents is 1. The van der Waals surface area contributed by atoms with Gasteiger partial charge in [0.05, 0.1) is 28.2 Å². The fourth-order valence-electron chi connectivity index (χ4n) is 2.92. The number of benzene rings is 1. The van der Waals surface area contributed by atoms with E-state index >= 15 is 0 Å². The average Bonchev–Trinajstić information content (AvgIpc) is 2.61. The van der Waals surface area contributed by atoms with Gasteiger partial charge in [-0.15, -0.1) is 0 Å². The number of ketones is 1. The minimum Gasteiger partial charge on any atom is -0.334 e. The largest absolute Gasteiger partial charge is 0.350 e. The number of carbonyl (C=O) groups excluding carboxylic acids is 1. The van der Waals surface area contributed by atoms with Crippen molar-refractivity contribution in [2.24, 2.45) is 0 Å². The van der Waals surface area contributed by atoms with Crippen LogP contribution in [0.1, 0.15) is 51.4 Å². The summed E-state index contributed by atoms with van der Waals surface area (Å²) in [5.74, 6) is -0.381. The van der Waals surface area contributed by atoms with Gasteiger partial charge in [-0.2, -0.15) is 0 Å². The number of carbonyl (C=O) groups is 1. The number of nitro benzene ring substituents is 1. The Bertz CT molecular complexity index is 1030. The van der Waals surface area contributed by atoms with Crippen LogP contribution >= 0.6 is 7.60 Å². The van der Waals surface area contributed by atoms with Crippen molar-refractivity contribution in [3.05, 3.63) is 50.3 Å². The molecule has 0 amide bonds. The SMILES string of the molecule is CCC(=O)c1cn(CP(=O)(OC(C)C)OC(C)C)c2cc([N+](=O)[O-])ccc2c1=O. The lowest BCUT2D eigenvalue weighted by Crippen LogP contribution is -2.20. The number of aromatic nitrogens is 1. The summed E-state index contributed by atoms with van der Waals surface area (Å²) in [5, 5.41) is 11.3. The third-order valence-corrected chi connectivity index (χ3v) is 6.10. The summed E-state index contributed by atoms with van der Waals surface area (Å²) >= 11 is 0. The van der Waals surface area contributed by atoms with Crippen LogP contribution in [0, 0.1) is 10.1 Å². The molecular weight excluding hydrogens is 399 g/mol. The molecule has 0 N–H and O–H groups in total. The van der Waals surface area contributed by atoms with Gasteiger partial charge in [-0.05, 0) is 33.8 Å². The van der Waals surface area contributed by atoms with E-state index in [9.17, 15) is 24.3 Å². The van der Waals surface area contributed by atoms with Crippen LogP contribution in [0.3, 0.4) is 0 Å². The average molecular weight is 424 g/mol. The highest BCUT2D eigenvalue weighted by Crippen LogP contribution is 2.52. The van der Waals surface area contributed by atoms with Crippen LogP contribution < -0.4 is 5.43 Å². The van der Waals surface area contributed by atoms with E-state index in [0.717, 1.165) is 0 Å². The van der Waals surface area contributed by atoms with Gasteiger partial charge in [0.2, 0.25) is 0 Å². The number of rotatable bonds is 9. The van der Waals surface area contributed by atoms with E-state index in [4.69, 9.17) is 9.05 Å². The molecule has 0 aliphatic heterocycles. The monoisotopic (exact) mass is 424 g/mol. The molecule has 0 aliphatic carbocycles. The van der Waals surface area contributed by atoms with Crippen LogP contribution in [0.25, 0.3) is 10.9 Å². The fraction of sp³-hybridized carbons (Fsp3) is 0.474. The smallest absolute Gasteiger partial charge is 0.334 e. The highest BCUT2D eigenvalue weighted by Gasteiger charge is 2.30. The zero-order valence-electron chi connectivity index (χ0n) is 17.1. The van der Waals surface area contributed by atoms with Crippen molar-refractivity contribution in [1.29, 1.82) is 0 Å². The predicted octanol–water partition coefficient (Wildman–Crippen LogP) is 4.50. The van der Waals surface area contributed by atoms with Crippen molar-refractivity contribution in [3.8, 4) is 0 Å². The molecule has 1 aromatic carbocycles. The summed E-state index contributed by atoms with van der Waals surface area (Å²) in [6.07, 6.45) is 0.273. The third kappa shape index (κ3) is 5.38. The lowest BCUT2D eigenvalue weighted by atomic mass is 10.1. The second-order valence-corrected chi connectivity index (χ2v) is 9.06. The van der Waals surface area contributed by atoms with Crippen LogP contribution in [-0.4, -0.2) is 27.5 Å². The maximum absolute atomic E-state index is 13.3. The highest BCUT2D eigenvalue weighted by atomic mass is 31.2. The Balaban J connectivity index is 2.76. The van der Waals surface area contributed by atoms with E-state index in [1.807, 2.05) is 0 Å². The number of fused-ring (bicyclic) bond motifs is 1. The molecule has 1 heterocycles. The quantitative estimate of drug-likeness (QED) is 0.252. The number of pyridine rings is 1. The van der Waals surface area contributed by atoms with E-state index in [0.29, 0.717) is 0 Å². The van der Waals surface area contributed by atoms with Gasteiger partial charge in [0.1, 0.15) is 6.29 Å². The second-order valence-electron chi connectivity index (χ2n) is 7.14. The molecule has 158 valence electrons. The van der Waals surface area contributed by atoms with Gasteiger partial charge in [0.15, 0.2) is 11.2 Å². The summed E-state index contributed by atoms with van der Waals surface area (Å²) in [5.41, 5.74) is -0.654. The maximum atomic E-state index is 13.3. The molecule has 0 atom stereocenters. The molecule has 0 spiro atoms. The van der Waals surface area contributed by atoms with Crippen molar-refractivity contribution < 1.29 is 23.3 Å². The molecule has 0 fully saturated rings. The van der Waals surface area contributed by atoms with E-state index < -0.39 is 30.2 Å². The Labute approximate surface area is 168 Å². The number of nitrogens with zero attached hydrogens (tertiary/aromatic N) is 2.